The Labute approximate surface area is 137 Å². The van der Waals surface area contributed by atoms with Gasteiger partial charge in [0, 0.05) is 13.0 Å². The van der Waals surface area contributed by atoms with Crippen LogP contribution in [-0.4, -0.2) is 34.2 Å². The summed E-state index contributed by atoms with van der Waals surface area (Å²) in [6.07, 6.45) is 1.46. The Balaban J connectivity index is 1.52. The van der Waals surface area contributed by atoms with Gasteiger partial charge in [-0.15, -0.1) is 0 Å². The highest BCUT2D eigenvalue weighted by Crippen LogP contribution is 2.22. The van der Waals surface area contributed by atoms with Crippen molar-refractivity contribution in [1.82, 2.24) is 9.88 Å². The van der Waals surface area contributed by atoms with Gasteiger partial charge in [0.05, 0.1) is 17.3 Å². The van der Waals surface area contributed by atoms with Crippen LogP contribution < -0.4 is 5.32 Å². The number of carbonyl (C=O) groups is 3. The van der Waals surface area contributed by atoms with Crippen LogP contribution in [0.2, 0.25) is 0 Å². The third-order valence-electron chi connectivity index (χ3n) is 3.66. The van der Waals surface area contributed by atoms with E-state index in [1.165, 1.54) is 12.1 Å². The molecule has 1 aliphatic heterocycles. The Bertz CT molecular complexity index is 770. The maximum atomic E-state index is 12.7. The molecule has 0 radical (unpaired) electrons. The van der Waals surface area contributed by atoms with Crippen LogP contribution >= 0.6 is 0 Å². The summed E-state index contributed by atoms with van der Waals surface area (Å²) in [6, 6.07) is 9.19. The molecule has 122 valence electrons. The molecular formula is C17H14FN3O3. The number of pyridine rings is 1. The molecule has 1 aromatic carbocycles. The van der Waals surface area contributed by atoms with Crippen LogP contribution in [0, 0.1) is 5.82 Å². The Morgan fingerprint density at radius 3 is 2.33 bits per heavy atom. The summed E-state index contributed by atoms with van der Waals surface area (Å²) in [6.45, 7) is 0.163. The minimum Gasteiger partial charge on any atom is -0.311 e. The van der Waals surface area contributed by atoms with E-state index in [9.17, 15) is 18.8 Å². The molecule has 0 fully saturated rings. The second-order valence-corrected chi connectivity index (χ2v) is 5.32. The first-order valence-corrected chi connectivity index (χ1v) is 7.43. The van der Waals surface area contributed by atoms with E-state index in [-0.39, 0.29) is 36.5 Å². The highest BCUT2D eigenvalue weighted by Gasteiger charge is 2.34. The number of amides is 3. The summed E-state index contributed by atoms with van der Waals surface area (Å²) in [5.41, 5.74) is 0.782. The highest BCUT2D eigenvalue weighted by atomic mass is 19.1. The Morgan fingerprint density at radius 2 is 1.75 bits per heavy atom. The van der Waals surface area contributed by atoms with Crippen molar-refractivity contribution in [1.29, 1.82) is 0 Å². The molecule has 1 N–H and O–H groups in total. The first-order valence-electron chi connectivity index (χ1n) is 7.43. The quantitative estimate of drug-likeness (QED) is 0.854. The SMILES string of the molecule is O=C(CCCN1C(=O)c2ccccc2C1=O)Nc1ccc(F)cn1. The Kier molecular flexibility index (Phi) is 4.33. The topological polar surface area (TPSA) is 79.4 Å². The van der Waals surface area contributed by atoms with Gasteiger partial charge in [-0.25, -0.2) is 9.37 Å². The van der Waals surface area contributed by atoms with E-state index in [0.29, 0.717) is 17.5 Å². The first kappa shape index (κ1) is 15.8. The number of hydrogen-bond acceptors (Lipinski definition) is 4. The molecule has 1 aromatic heterocycles. The summed E-state index contributed by atoms with van der Waals surface area (Å²) in [7, 11) is 0. The van der Waals surface area contributed by atoms with E-state index in [1.807, 2.05) is 0 Å². The maximum Gasteiger partial charge on any atom is 0.261 e. The standard InChI is InChI=1S/C17H14FN3O3/c18-11-7-8-14(19-10-11)20-15(22)6-3-9-21-16(23)12-4-1-2-5-13(12)17(21)24/h1-2,4-5,7-8,10H,3,6,9H2,(H,19,20,22). The van der Waals surface area contributed by atoms with Crippen LogP contribution in [0.15, 0.2) is 42.6 Å². The number of imide groups is 1. The fourth-order valence-corrected chi connectivity index (χ4v) is 2.50. The van der Waals surface area contributed by atoms with Crippen LogP contribution in [0.1, 0.15) is 33.6 Å². The number of fused-ring (bicyclic) bond motifs is 1. The van der Waals surface area contributed by atoms with Crippen molar-refractivity contribution in [3.63, 3.8) is 0 Å². The van der Waals surface area contributed by atoms with E-state index < -0.39 is 5.82 Å². The van der Waals surface area contributed by atoms with Crippen LogP contribution in [-0.2, 0) is 4.79 Å². The third kappa shape index (κ3) is 3.15. The van der Waals surface area contributed by atoms with Crippen LogP contribution in [0.5, 0.6) is 0 Å². The second kappa shape index (κ2) is 6.57. The van der Waals surface area contributed by atoms with Gasteiger partial charge in [0.1, 0.15) is 11.6 Å². The van der Waals surface area contributed by atoms with E-state index in [1.54, 1.807) is 24.3 Å². The van der Waals surface area contributed by atoms with Gasteiger partial charge in [0.15, 0.2) is 0 Å². The lowest BCUT2D eigenvalue weighted by molar-refractivity contribution is -0.116. The molecule has 24 heavy (non-hydrogen) atoms. The van der Waals surface area contributed by atoms with Gasteiger partial charge in [0.2, 0.25) is 5.91 Å². The zero-order valence-corrected chi connectivity index (χ0v) is 12.7. The minimum atomic E-state index is -0.487. The molecule has 0 atom stereocenters. The molecule has 0 spiro atoms. The average molecular weight is 327 g/mol. The number of rotatable bonds is 5. The first-order chi connectivity index (χ1) is 11.6. The van der Waals surface area contributed by atoms with Crippen molar-refractivity contribution >= 4 is 23.5 Å². The van der Waals surface area contributed by atoms with Gasteiger partial charge >= 0.3 is 0 Å². The van der Waals surface area contributed by atoms with Crippen molar-refractivity contribution in [2.24, 2.45) is 0 Å². The van der Waals surface area contributed by atoms with Crippen molar-refractivity contribution in [3.05, 3.63) is 59.5 Å². The molecule has 0 bridgehead atoms. The maximum absolute atomic E-state index is 12.7. The zero-order valence-electron chi connectivity index (χ0n) is 12.7. The van der Waals surface area contributed by atoms with Gasteiger partial charge in [-0.05, 0) is 30.7 Å². The number of carbonyl (C=O) groups excluding carboxylic acids is 3. The van der Waals surface area contributed by atoms with Crippen LogP contribution in [0.4, 0.5) is 10.2 Å². The van der Waals surface area contributed by atoms with Gasteiger partial charge in [0.25, 0.3) is 11.8 Å². The number of nitrogens with one attached hydrogen (secondary N) is 1. The predicted molar refractivity (Wildman–Crippen MR) is 83.9 cm³/mol. The van der Waals surface area contributed by atoms with Gasteiger partial charge in [-0.1, -0.05) is 12.1 Å². The number of hydrogen-bond donors (Lipinski definition) is 1. The summed E-state index contributed by atoms with van der Waals surface area (Å²) >= 11 is 0. The third-order valence-corrected chi connectivity index (χ3v) is 3.66. The lowest BCUT2D eigenvalue weighted by atomic mass is 10.1. The molecule has 0 unspecified atom stereocenters. The summed E-state index contributed by atoms with van der Waals surface area (Å²) in [5.74, 6) is -1.22. The van der Waals surface area contributed by atoms with E-state index in [4.69, 9.17) is 0 Å². The average Bonchev–Trinajstić information content (AvgIpc) is 2.82. The highest BCUT2D eigenvalue weighted by molar-refractivity contribution is 6.21. The molecule has 3 rings (SSSR count). The normalized spacial score (nSPS) is 13.1. The van der Waals surface area contributed by atoms with E-state index in [2.05, 4.69) is 10.3 Å². The fourth-order valence-electron chi connectivity index (χ4n) is 2.50. The number of aromatic nitrogens is 1. The van der Waals surface area contributed by atoms with E-state index in [0.717, 1.165) is 11.1 Å². The monoisotopic (exact) mass is 327 g/mol. The van der Waals surface area contributed by atoms with Crippen molar-refractivity contribution in [3.8, 4) is 0 Å². The molecule has 6 nitrogen and oxygen atoms in total. The summed E-state index contributed by atoms with van der Waals surface area (Å²) < 4.78 is 12.7. The van der Waals surface area contributed by atoms with Crippen molar-refractivity contribution in [2.75, 3.05) is 11.9 Å². The predicted octanol–water partition coefficient (Wildman–Crippen LogP) is 2.24. The van der Waals surface area contributed by atoms with Crippen LogP contribution in [0.3, 0.4) is 0 Å². The molecule has 2 aromatic rings. The minimum absolute atomic E-state index is 0.118. The number of benzene rings is 1. The number of anilines is 1. The van der Waals surface area contributed by atoms with Crippen molar-refractivity contribution in [2.45, 2.75) is 12.8 Å². The molecular weight excluding hydrogens is 313 g/mol. The number of nitrogens with zero attached hydrogens (tertiary/aromatic N) is 2. The Morgan fingerprint density at radius 1 is 1.08 bits per heavy atom. The molecule has 0 saturated carbocycles. The van der Waals surface area contributed by atoms with Gasteiger partial charge in [-0.3, -0.25) is 19.3 Å². The summed E-state index contributed by atoms with van der Waals surface area (Å²) in [4.78, 5) is 41.0. The Hall–Kier alpha value is -3.09. The van der Waals surface area contributed by atoms with E-state index >= 15 is 0 Å². The smallest absolute Gasteiger partial charge is 0.261 e. The molecule has 3 amide bonds. The molecule has 7 heteroatoms. The largest absolute Gasteiger partial charge is 0.311 e. The van der Waals surface area contributed by atoms with Crippen LogP contribution in [0.25, 0.3) is 0 Å². The zero-order chi connectivity index (χ0) is 17.1. The lowest BCUT2D eigenvalue weighted by Gasteiger charge is -2.13. The molecule has 1 aliphatic rings. The molecule has 0 aliphatic carbocycles. The number of halogens is 1. The van der Waals surface area contributed by atoms with Gasteiger partial charge < -0.3 is 5.32 Å². The lowest BCUT2D eigenvalue weighted by Crippen LogP contribution is -2.31. The fraction of sp³-hybridized carbons (Fsp3) is 0.176. The van der Waals surface area contributed by atoms with Crippen molar-refractivity contribution < 1.29 is 18.8 Å². The molecule has 2 heterocycles. The molecule has 0 saturated heterocycles. The summed E-state index contributed by atoms with van der Waals surface area (Å²) in [5, 5.41) is 2.53. The van der Waals surface area contributed by atoms with Gasteiger partial charge in [-0.2, -0.15) is 0 Å². The second-order valence-electron chi connectivity index (χ2n) is 5.32.